The summed E-state index contributed by atoms with van der Waals surface area (Å²) in [5.41, 5.74) is 1.24. The third-order valence-electron chi connectivity index (χ3n) is 2.48. The maximum Gasteiger partial charge on any atom is 0.413 e. The van der Waals surface area contributed by atoms with E-state index in [-0.39, 0.29) is 0 Å². The van der Waals surface area contributed by atoms with E-state index in [4.69, 9.17) is 4.74 Å². The zero-order valence-electron chi connectivity index (χ0n) is 12.1. The molecule has 108 valence electrons. The van der Waals surface area contributed by atoms with Crippen molar-refractivity contribution in [2.24, 2.45) is 0 Å². The van der Waals surface area contributed by atoms with E-state index in [1.165, 1.54) is 0 Å². The Morgan fingerprint density at radius 2 is 2.00 bits per heavy atom. The van der Waals surface area contributed by atoms with E-state index in [2.05, 4.69) is 31.2 Å². The second-order valence-corrected chi connectivity index (χ2v) is 6.30. The number of halogens is 1. The maximum atomic E-state index is 11.9. The van der Waals surface area contributed by atoms with Crippen LogP contribution in [0.5, 0.6) is 0 Å². The third kappa shape index (κ3) is 3.09. The van der Waals surface area contributed by atoms with Gasteiger partial charge in [0.05, 0.1) is 0 Å². The van der Waals surface area contributed by atoms with Gasteiger partial charge in [0.15, 0.2) is 10.4 Å². The van der Waals surface area contributed by atoms with Crippen LogP contribution in [-0.2, 0) is 4.74 Å². The van der Waals surface area contributed by atoms with Gasteiger partial charge in [-0.2, -0.15) is 0 Å². The van der Waals surface area contributed by atoms with Crippen molar-refractivity contribution >= 4 is 33.6 Å². The van der Waals surface area contributed by atoms with E-state index in [0.717, 1.165) is 11.4 Å². The van der Waals surface area contributed by atoms with Crippen LogP contribution < -0.4 is 5.32 Å². The van der Waals surface area contributed by atoms with Gasteiger partial charge in [-0.25, -0.2) is 14.8 Å². The Kier molecular flexibility index (Phi) is 3.73. The van der Waals surface area contributed by atoms with Crippen molar-refractivity contribution in [3.8, 4) is 0 Å². The summed E-state index contributed by atoms with van der Waals surface area (Å²) in [6, 6.07) is 1.92. The number of aryl methyl sites for hydroxylation is 2. The lowest BCUT2D eigenvalue weighted by atomic mass is 10.2. The van der Waals surface area contributed by atoms with E-state index in [1.54, 1.807) is 4.40 Å². The molecule has 0 atom stereocenters. The van der Waals surface area contributed by atoms with Crippen LogP contribution in [0.2, 0.25) is 0 Å². The van der Waals surface area contributed by atoms with Crippen LogP contribution in [0.4, 0.5) is 10.6 Å². The normalized spacial score (nSPS) is 11.7. The number of carbonyl (C=O) groups is 1. The Hall–Kier alpha value is -1.63. The third-order valence-corrected chi connectivity index (χ3v) is 3.04. The van der Waals surface area contributed by atoms with Gasteiger partial charge < -0.3 is 4.74 Å². The molecule has 2 aromatic heterocycles. The number of nitrogens with zero attached hydrogens (tertiary/aromatic N) is 3. The number of carbonyl (C=O) groups excluding carboxylic acids is 1. The van der Waals surface area contributed by atoms with Crippen LogP contribution in [0.25, 0.3) is 5.78 Å². The van der Waals surface area contributed by atoms with Crippen molar-refractivity contribution in [1.29, 1.82) is 0 Å². The quantitative estimate of drug-likeness (QED) is 0.863. The molecule has 0 spiro atoms. The predicted octanol–water partition coefficient (Wildman–Crippen LogP) is 3.46. The molecule has 20 heavy (non-hydrogen) atoms. The minimum absolute atomic E-state index is 0.513. The Labute approximate surface area is 125 Å². The Balaban J connectivity index is 2.40. The van der Waals surface area contributed by atoms with Crippen LogP contribution in [0.3, 0.4) is 0 Å². The fourth-order valence-electron chi connectivity index (χ4n) is 1.86. The number of rotatable bonds is 1. The number of imidazole rings is 1. The average Bonchev–Trinajstić information content (AvgIpc) is 2.51. The van der Waals surface area contributed by atoms with E-state index >= 15 is 0 Å². The molecule has 0 fully saturated rings. The van der Waals surface area contributed by atoms with Crippen molar-refractivity contribution in [2.45, 2.75) is 40.2 Å². The zero-order valence-corrected chi connectivity index (χ0v) is 13.7. The molecule has 0 aliphatic rings. The fourth-order valence-corrected chi connectivity index (χ4v) is 2.29. The van der Waals surface area contributed by atoms with Crippen molar-refractivity contribution < 1.29 is 9.53 Å². The summed E-state index contributed by atoms with van der Waals surface area (Å²) in [6.45, 7) is 9.26. The maximum absolute atomic E-state index is 11.9. The first-order valence-electron chi connectivity index (χ1n) is 6.19. The molecule has 2 aromatic rings. The lowest BCUT2D eigenvalue weighted by Crippen LogP contribution is -2.27. The summed E-state index contributed by atoms with van der Waals surface area (Å²) >= 11 is 3.33. The number of hydrogen-bond donors (Lipinski definition) is 1. The number of anilines is 1. The number of ether oxygens (including phenoxy) is 1. The van der Waals surface area contributed by atoms with E-state index in [9.17, 15) is 4.79 Å². The van der Waals surface area contributed by atoms with Crippen LogP contribution in [-0.4, -0.2) is 26.1 Å². The van der Waals surface area contributed by atoms with Crippen molar-refractivity contribution in [3.63, 3.8) is 0 Å². The molecule has 2 rings (SSSR count). The molecule has 2 heterocycles. The lowest BCUT2D eigenvalue weighted by Gasteiger charge is -2.19. The first kappa shape index (κ1) is 14.8. The van der Waals surface area contributed by atoms with Crippen LogP contribution in [0.1, 0.15) is 32.2 Å². The number of hydrogen-bond acceptors (Lipinski definition) is 4. The van der Waals surface area contributed by atoms with Gasteiger partial charge in [-0.15, -0.1) is 0 Å². The summed E-state index contributed by atoms with van der Waals surface area (Å²) < 4.78 is 7.53. The number of fused-ring (bicyclic) bond motifs is 1. The smallest absolute Gasteiger partial charge is 0.413 e. The highest BCUT2D eigenvalue weighted by molar-refractivity contribution is 9.10. The molecule has 7 heteroatoms. The molecular weight excluding hydrogens is 324 g/mol. The van der Waals surface area contributed by atoms with Crippen LogP contribution in [0.15, 0.2) is 10.7 Å². The van der Waals surface area contributed by atoms with Gasteiger partial charge in [-0.3, -0.25) is 9.72 Å². The largest absolute Gasteiger partial charge is 0.444 e. The topological polar surface area (TPSA) is 68.5 Å². The summed E-state index contributed by atoms with van der Waals surface area (Å²) in [6.07, 6.45) is -0.528. The van der Waals surface area contributed by atoms with E-state index in [1.807, 2.05) is 40.7 Å². The first-order chi connectivity index (χ1) is 9.17. The van der Waals surface area contributed by atoms with Crippen molar-refractivity contribution in [2.75, 3.05) is 5.32 Å². The summed E-state index contributed by atoms with van der Waals surface area (Å²) in [4.78, 5) is 20.5. The second kappa shape index (κ2) is 5.05. The molecular formula is C13H17BrN4O2. The first-order valence-corrected chi connectivity index (χ1v) is 6.99. The van der Waals surface area contributed by atoms with Crippen molar-refractivity contribution in [1.82, 2.24) is 14.4 Å². The lowest BCUT2D eigenvalue weighted by molar-refractivity contribution is 0.0635. The number of nitrogens with one attached hydrogen (secondary N) is 1. The Morgan fingerprint density at radius 3 is 2.60 bits per heavy atom. The molecule has 0 bridgehead atoms. The standard InChI is InChI=1S/C13H17BrN4O2/c1-7-6-8(2)18-10(9(14)16-11(18)15-7)17-12(19)20-13(3,4)5/h6H,1-5H3,(H,17,19). The van der Waals surface area contributed by atoms with Gasteiger partial charge in [0.1, 0.15) is 5.60 Å². The Morgan fingerprint density at radius 1 is 1.35 bits per heavy atom. The second-order valence-electron chi connectivity index (χ2n) is 5.55. The van der Waals surface area contributed by atoms with Gasteiger partial charge >= 0.3 is 6.09 Å². The van der Waals surface area contributed by atoms with Gasteiger partial charge in [0.2, 0.25) is 5.78 Å². The van der Waals surface area contributed by atoms with Crippen molar-refractivity contribution in [3.05, 3.63) is 22.1 Å². The van der Waals surface area contributed by atoms with Crippen LogP contribution in [0, 0.1) is 13.8 Å². The molecule has 0 aliphatic carbocycles. The van der Waals surface area contributed by atoms with E-state index in [0.29, 0.717) is 16.2 Å². The molecule has 0 radical (unpaired) electrons. The molecule has 1 amide bonds. The molecule has 0 saturated heterocycles. The summed E-state index contributed by atoms with van der Waals surface area (Å²) in [7, 11) is 0. The molecule has 0 aromatic carbocycles. The number of amides is 1. The number of aromatic nitrogens is 3. The highest BCUT2D eigenvalue weighted by atomic mass is 79.9. The minimum Gasteiger partial charge on any atom is -0.444 e. The fraction of sp³-hybridized carbons (Fsp3) is 0.462. The van der Waals surface area contributed by atoms with Gasteiger partial charge in [-0.1, -0.05) is 0 Å². The highest BCUT2D eigenvalue weighted by Crippen LogP contribution is 2.25. The minimum atomic E-state index is -0.555. The monoisotopic (exact) mass is 340 g/mol. The molecule has 6 nitrogen and oxygen atoms in total. The summed E-state index contributed by atoms with van der Waals surface area (Å²) in [5, 5.41) is 2.70. The van der Waals surface area contributed by atoms with Gasteiger partial charge in [-0.05, 0) is 56.6 Å². The average molecular weight is 341 g/mol. The SMILES string of the molecule is Cc1cc(C)n2c(NC(=O)OC(C)(C)C)c(Br)nc2n1. The molecule has 0 saturated carbocycles. The molecule has 1 N–H and O–H groups in total. The van der Waals surface area contributed by atoms with Crippen LogP contribution >= 0.6 is 15.9 Å². The summed E-state index contributed by atoms with van der Waals surface area (Å²) in [5.74, 6) is 1.04. The van der Waals surface area contributed by atoms with E-state index < -0.39 is 11.7 Å². The van der Waals surface area contributed by atoms with Gasteiger partial charge in [0, 0.05) is 11.4 Å². The van der Waals surface area contributed by atoms with Gasteiger partial charge in [0.25, 0.3) is 0 Å². The Bertz CT molecular complexity index is 673. The zero-order chi connectivity index (χ0) is 15.1. The predicted molar refractivity (Wildman–Crippen MR) is 80.0 cm³/mol. The molecule has 0 aliphatic heterocycles. The molecule has 0 unspecified atom stereocenters. The highest BCUT2D eigenvalue weighted by Gasteiger charge is 2.20.